The van der Waals surface area contributed by atoms with Crippen molar-refractivity contribution in [3.05, 3.63) is 29.8 Å². The van der Waals surface area contributed by atoms with E-state index in [2.05, 4.69) is 5.32 Å². The van der Waals surface area contributed by atoms with E-state index in [4.69, 9.17) is 0 Å². The van der Waals surface area contributed by atoms with Gasteiger partial charge in [0, 0.05) is 26.2 Å². The molecule has 17 heavy (non-hydrogen) atoms. The lowest BCUT2D eigenvalue weighted by molar-refractivity contribution is 0.274. The topological polar surface area (TPSA) is 49.4 Å². The molecule has 1 saturated heterocycles. The van der Waals surface area contributed by atoms with Crippen LogP contribution in [0.15, 0.2) is 29.2 Å². The molecule has 96 valence electrons. The van der Waals surface area contributed by atoms with Crippen LogP contribution in [-0.2, 0) is 10.0 Å². The first-order valence-corrected chi connectivity index (χ1v) is 6.72. The molecule has 0 bridgehead atoms. The van der Waals surface area contributed by atoms with Gasteiger partial charge in [0.15, 0.2) is 0 Å². The van der Waals surface area contributed by atoms with Gasteiger partial charge in [0.05, 0.1) is 4.90 Å². The second kappa shape index (κ2) is 5.35. The van der Waals surface area contributed by atoms with Gasteiger partial charge in [-0.2, -0.15) is 4.31 Å². The van der Waals surface area contributed by atoms with Crippen molar-refractivity contribution < 1.29 is 8.42 Å². The highest BCUT2D eigenvalue weighted by molar-refractivity contribution is 7.89. The molecule has 1 aromatic carbocycles. The highest BCUT2D eigenvalue weighted by atomic mass is 35.5. The van der Waals surface area contributed by atoms with Gasteiger partial charge in [0.2, 0.25) is 10.0 Å². The van der Waals surface area contributed by atoms with E-state index in [9.17, 15) is 8.42 Å². The molecule has 1 heterocycles. The fourth-order valence-corrected chi connectivity index (χ4v) is 3.31. The van der Waals surface area contributed by atoms with Crippen LogP contribution in [0.2, 0.25) is 0 Å². The Balaban J connectivity index is 0.00000144. The van der Waals surface area contributed by atoms with Crippen LogP contribution in [0.1, 0.15) is 5.56 Å². The molecule has 4 nitrogen and oxygen atoms in total. The summed E-state index contributed by atoms with van der Waals surface area (Å²) < 4.78 is 26.0. The molecule has 0 radical (unpaired) electrons. The lowest BCUT2D eigenvalue weighted by Gasteiger charge is -2.34. The molecule has 1 N–H and O–H groups in total. The lowest BCUT2D eigenvalue weighted by atomic mass is 10.2. The average Bonchev–Trinajstić information content (AvgIpc) is 2.15. The maximum atomic E-state index is 12.3. The van der Waals surface area contributed by atoms with Crippen molar-refractivity contribution in [1.29, 1.82) is 0 Å². The summed E-state index contributed by atoms with van der Waals surface area (Å²) in [7, 11) is -1.69. The summed E-state index contributed by atoms with van der Waals surface area (Å²) in [5.41, 5.74) is 0.793. The molecule has 0 spiro atoms. The first kappa shape index (κ1) is 14.4. The largest absolute Gasteiger partial charge is 0.313 e. The molecule has 1 aliphatic heterocycles. The first-order chi connectivity index (χ1) is 7.53. The fraction of sp³-hybridized carbons (Fsp3) is 0.455. The SMILES string of the molecule is Cc1ccccc1S(=O)(=O)N(C)C1CNC1.Cl. The van der Waals surface area contributed by atoms with Crippen LogP contribution in [0.3, 0.4) is 0 Å². The Morgan fingerprint density at radius 3 is 2.35 bits per heavy atom. The van der Waals surface area contributed by atoms with Gasteiger partial charge >= 0.3 is 0 Å². The molecular weight excluding hydrogens is 260 g/mol. The Morgan fingerprint density at radius 1 is 1.29 bits per heavy atom. The number of hydrogen-bond acceptors (Lipinski definition) is 3. The number of sulfonamides is 1. The van der Waals surface area contributed by atoms with Crippen molar-refractivity contribution in [3.8, 4) is 0 Å². The summed E-state index contributed by atoms with van der Waals surface area (Å²) in [4.78, 5) is 0.407. The molecule has 0 aliphatic carbocycles. The van der Waals surface area contributed by atoms with Gasteiger partial charge in [-0.15, -0.1) is 12.4 Å². The number of benzene rings is 1. The van der Waals surface area contributed by atoms with E-state index in [1.54, 1.807) is 19.2 Å². The van der Waals surface area contributed by atoms with Crippen LogP contribution in [0.4, 0.5) is 0 Å². The standard InChI is InChI=1S/C11H16N2O2S.ClH/c1-9-5-3-4-6-11(9)16(14,15)13(2)10-7-12-8-10;/h3-6,10,12H,7-8H2,1-2H3;1H. The van der Waals surface area contributed by atoms with Crippen LogP contribution in [0.5, 0.6) is 0 Å². The smallest absolute Gasteiger partial charge is 0.243 e. The summed E-state index contributed by atoms with van der Waals surface area (Å²) in [6, 6.07) is 7.17. The molecule has 0 atom stereocenters. The first-order valence-electron chi connectivity index (χ1n) is 5.28. The number of nitrogens with one attached hydrogen (secondary N) is 1. The monoisotopic (exact) mass is 276 g/mol. The molecule has 0 saturated carbocycles. The molecule has 1 fully saturated rings. The third-order valence-electron chi connectivity index (χ3n) is 3.02. The van der Waals surface area contributed by atoms with Crippen molar-refractivity contribution in [2.24, 2.45) is 0 Å². The molecule has 2 rings (SSSR count). The Hall–Kier alpha value is -0.620. The van der Waals surface area contributed by atoms with Gasteiger partial charge in [0.1, 0.15) is 0 Å². The van der Waals surface area contributed by atoms with E-state index >= 15 is 0 Å². The van der Waals surface area contributed by atoms with Crippen LogP contribution >= 0.6 is 12.4 Å². The van der Waals surface area contributed by atoms with Gasteiger partial charge in [-0.05, 0) is 18.6 Å². The highest BCUT2D eigenvalue weighted by Gasteiger charge is 2.32. The number of nitrogens with zero attached hydrogens (tertiary/aromatic N) is 1. The number of rotatable bonds is 3. The minimum absolute atomic E-state index is 0. The predicted octanol–water partition coefficient (Wildman–Crippen LogP) is 1.01. The summed E-state index contributed by atoms with van der Waals surface area (Å²) in [6.07, 6.45) is 0. The van der Waals surface area contributed by atoms with Crippen LogP contribution in [-0.4, -0.2) is 38.9 Å². The van der Waals surface area contributed by atoms with E-state index < -0.39 is 10.0 Å². The number of halogens is 1. The molecule has 0 aromatic heterocycles. The van der Waals surface area contributed by atoms with E-state index in [1.165, 1.54) is 4.31 Å². The second-order valence-corrected chi connectivity index (χ2v) is 6.06. The summed E-state index contributed by atoms with van der Waals surface area (Å²) >= 11 is 0. The molecule has 6 heteroatoms. The van der Waals surface area contributed by atoms with E-state index in [0.29, 0.717) is 4.90 Å². The van der Waals surface area contributed by atoms with Crippen molar-refractivity contribution >= 4 is 22.4 Å². The molecule has 0 unspecified atom stereocenters. The molecular formula is C11H17ClN2O2S. The van der Waals surface area contributed by atoms with Crippen LogP contribution in [0, 0.1) is 6.92 Å². The Bertz CT molecular complexity index is 486. The minimum atomic E-state index is -3.34. The summed E-state index contributed by atoms with van der Waals surface area (Å²) in [5, 5.41) is 3.07. The number of likely N-dealkylation sites (N-methyl/N-ethyl adjacent to an activating group) is 1. The van der Waals surface area contributed by atoms with Gasteiger partial charge in [-0.3, -0.25) is 0 Å². The lowest BCUT2D eigenvalue weighted by Crippen LogP contribution is -2.57. The van der Waals surface area contributed by atoms with E-state index in [0.717, 1.165) is 18.7 Å². The van der Waals surface area contributed by atoms with E-state index in [-0.39, 0.29) is 18.4 Å². The van der Waals surface area contributed by atoms with Crippen LogP contribution in [0.25, 0.3) is 0 Å². The van der Waals surface area contributed by atoms with Crippen molar-refractivity contribution in [2.45, 2.75) is 17.9 Å². The summed E-state index contributed by atoms with van der Waals surface area (Å²) in [6.45, 7) is 3.29. The Morgan fingerprint density at radius 2 is 1.88 bits per heavy atom. The van der Waals surface area contributed by atoms with Crippen molar-refractivity contribution in [2.75, 3.05) is 20.1 Å². The molecule has 0 amide bonds. The zero-order valence-corrected chi connectivity index (χ0v) is 11.5. The van der Waals surface area contributed by atoms with Gasteiger partial charge < -0.3 is 5.32 Å². The average molecular weight is 277 g/mol. The Kier molecular flexibility index (Phi) is 4.55. The van der Waals surface area contributed by atoms with E-state index in [1.807, 2.05) is 19.1 Å². The predicted molar refractivity (Wildman–Crippen MR) is 70.0 cm³/mol. The Labute approximate surface area is 108 Å². The molecule has 1 aliphatic rings. The highest BCUT2D eigenvalue weighted by Crippen LogP contribution is 2.20. The zero-order valence-electron chi connectivity index (χ0n) is 9.88. The zero-order chi connectivity index (χ0) is 11.8. The normalized spacial score (nSPS) is 16.4. The van der Waals surface area contributed by atoms with Crippen LogP contribution < -0.4 is 5.32 Å². The minimum Gasteiger partial charge on any atom is -0.313 e. The number of aryl methyl sites for hydroxylation is 1. The fourth-order valence-electron chi connectivity index (χ4n) is 1.73. The molecule has 1 aromatic rings. The summed E-state index contributed by atoms with van der Waals surface area (Å²) in [5.74, 6) is 0. The van der Waals surface area contributed by atoms with Crippen molar-refractivity contribution in [3.63, 3.8) is 0 Å². The maximum absolute atomic E-state index is 12.3. The maximum Gasteiger partial charge on any atom is 0.243 e. The van der Waals surface area contributed by atoms with Gasteiger partial charge in [-0.1, -0.05) is 18.2 Å². The quantitative estimate of drug-likeness (QED) is 0.896. The van der Waals surface area contributed by atoms with Gasteiger partial charge in [0.25, 0.3) is 0 Å². The van der Waals surface area contributed by atoms with Gasteiger partial charge in [-0.25, -0.2) is 8.42 Å². The number of hydrogen-bond donors (Lipinski definition) is 1. The third kappa shape index (κ3) is 2.63. The second-order valence-electron chi connectivity index (χ2n) is 4.10. The third-order valence-corrected chi connectivity index (χ3v) is 5.10. The van der Waals surface area contributed by atoms with Crippen molar-refractivity contribution in [1.82, 2.24) is 9.62 Å².